The van der Waals surface area contributed by atoms with E-state index in [2.05, 4.69) is 16.3 Å². The van der Waals surface area contributed by atoms with Crippen LogP contribution in [0.2, 0.25) is 0 Å². The Morgan fingerprint density at radius 2 is 2.25 bits per heavy atom. The van der Waals surface area contributed by atoms with Crippen LogP contribution in [-0.2, 0) is 16.1 Å². The molecule has 1 aliphatic carbocycles. The zero-order valence-corrected chi connectivity index (χ0v) is 15.6. The van der Waals surface area contributed by atoms with Crippen molar-refractivity contribution in [3.63, 3.8) is 0 Å². The van der Waals surface area contributed by atoms with Gasteiger partial charge in [0.25, 0.3) is 0 Å². The van der Waals surface area contributed by atoms with E-state index in [4.69, 9.17) is 19.9 Å². The maximum Gasteiger partial charge on any atom is 0.309 e. The molecule has 8 heteroatoms. The van der Waals surface area contributed by atoms with Crippen molar-refractivity contribution in [2.75, 3.05) is 7.11 Å². The number of carbonyl (C=O) groups excluding carboxylic acids is 1. The molecule has 1 aromatic carbocycles. The van der Waals surface area contributed by atoms with Gasteiger partial charge in [-0.1, -0.05) is 6.07 Å². The van der Waals surface area contributed by atoms with Crippen LogP contribution >= 0.6 is 0 Å². The smallest absolute Gasteiger partial charge is 0.309 e. The van der Waals surface area contributed by atoms with Gasteiger partial charge < -0.3 is 19.9 Å². The number of aryl methyl sites for hydroxylation is 1. The highest BCUT2D eigenvalue weighted by Gasteiger charge is 2.35. The molecule has 4 rings (SSSR count). The lowest BCUT2D eigenvalue weighted by Gasteiger charge is -2.24. The summed E-state index contributed by atoms with van der Waals surface area (Å²) in [5.74, 6) is 0.401. The second-order valence-corrected chi connectivity index (χ2v) is 6.95. The highest BCUT2D eigenvalue weighted by atomic mass is 16.5. The van der Waals surface area contributed by atoms with Crippen molar-refractivity contribution in [3.8, 4) is 17.7 Å². The number of ether oxygens (including phenoxy) is 3. The summed E-state index contributed by atoms with van der Waals surface area (Å²) in [7, 11) is 1.56. The van der Waals surface area contributed by atoms with Crippen molar-refractivity contribution in [2.24, 2.45) is 11.7 Å². The van der Waals surface area contributed by atoms with Gasteiger partial charge in [0.1, 0.15) is 24.0 Å². The average molecular weight is 380 g/mol. The molecular weight excluding hydrogens is 360 g/mol. The Labute approximate surface area is 161 Å². The van der Waals surface area contributed by atoms with Crippen molar-refractivity contribution < 1.29 is 19.0 Å². The normalized spacial score (nSPS) is 18.1. The van der Waals surface area contributed by atoms with Crippen LogP contribution < -0.4 is 15.2 Å². The van der Waals surface area contributed by atoms with Gasteiger partial charge in [0.05, 0.1) is 18.9 Å². The molecule has 144 valence electrons. The van der Waals surface area contributed by atoms with Gasteiger partial charge in [-0.05, 0) is 37.5 Å². The standard InChI is InChI=1S/C20H20N4O4/c1-10-16-17(14(8-21)18(22)28-19(16)24-23-10)12-5-6-15(26-2)13(7-12)9-27-20(25)11-3-4-11/h5-7,11,17H,3-4,9,22H2,1-2H3,(H,23,24)/t17-/m1/s1. The number of methoxy groups -OCH3 is 1. The molecule has 1 aromatic heterocycles. The minimum Gasteiger partial charge on any atom is -0.496 e. The largest absolute Gasteiger partial charge is 0.496 e. The maximum atomic E-state index is 11.9. The Kier molecular flexibility index (Phi) is 4.43. The number of fused-ring (bicyclic) bond motifs is 1. The van der Waals surface area contributed by atoms with Crippen molar-refractivity contribution in [1.29, 1.82) is 5.26 Å². The number of rotatable bonds is 5. The van der Waals surface area contributed by atoms with E-state index in [1.54, 1.807) is 13.2 Å². The van der Waals surface area contributed by atoms with Gasteiger partial charge in [0.15, 0.2) is 0 Å². The van der Waals surface area contributed by atoms with Crippen LogP contribution in [0.25, 0.3) is 0 Å². The zero-order chi connectivity index (χ0) is 19.8. The summed E-state index contributed by atoms with van der Waals surface area (Å²) in [5.41, 5.74) is 9.35. The molecule has 2 aromatic rings. The van der Waals surface area contributed by atoms with E-state index < -0.39 is 5.92 Å². The number of nitriles is 1. The molecule has 0 unspecified atom stereocenters. The first-order chi connectivity index (χ1) is 13.5. The monoisotopic (exact) mass is 380 g/mol. The first kappa shape index (κ1) is 17.9. The fourth-order valence-corrected chi connectivity index (χ4v) is 3.41. The molecule has 0 amide bonds. The first-order valence-corrected chi connectivity index (χ1v) is 8.99. The molecule has 1 aliphatic heterocycles. The number of nitrogens with one attached hydrogen (secondary N) is 1. The van der Waals surface area contributed by atoms with Crippen LogP contribution in [0.1, 0.15) is 41.1 Å². The third-order valence-electron chi connectivity index (χ3n) is 5.05. The van der Waals surface area contributed by atoms with E-state index in [1.807, 2.05) is 19.1 Å². The Morgan fingerprint density at radius 1 is 1.46 bits per heavy atom. The molecule has 1 atom stereocenters. The van der Waals surface area contributed by atoms with Crippen LogP contribution in [0, 0.1) is 24.2 Å². The molecule has 0 spiro atoms. The van der Waals surface area contributed by atoms with E-state index in [9.17, 15) is 10.1 Å². The number of aromatic amines is 1. The average Bonchev–Trinajstić information content (AvgIpc) is 3.49. The fraction of sp³-hybridized carbons (Fsp3) is 0.350. The highest BCUT2D eigenvalue weighted by Crippen LogP contribution is 2.43. The number of hydrogen-bond acceptors (Lipinski definition) is 7. The molecule has 1 fully saturated rings. The summed E-state index contributed by atoms with van der Waals surface area (Å²) in [4.78, 5) is 11.9. The third kappa shape index (κ3) is 3.05. The van der Waals surface area contributed by atoms with Crippen LogP contribution in [0.5, 0.6) is 11.6 Å². The lowest BCUT2D eigenvalue weighted by molar-refractivity contribution is -0.146. The van der Waals surface area contributed by atoms with Crippen LogP contribution in [0.4, 0.5) is 0 Å². The van der Waals surface area contributed by atoms with E-state index in [1.165, 1.54) is 0 Å². The van der Waals surface area contributed by atoms with E-state index in [0.717, 1.165) is 35.2 Å². The first-order valence-electron chi connectivity index (χ1n) is 8.99. The number of nitrogens with two attached hydrogens (primary N) is 1. The van der Waals surface area contributed by atoms with Gasteiger partial charge in [-0.15, -0.1) is 5.10 Å². The number of H-pyrrole nitrogens is 1. The Hall–Kier alpha value is -3.47. The topological polar surface area (TPSA) is 123 Å². The number of hydrogen-bond donors (Lipinski definition) is 2. The molecule has 0 bridgehead atoms. The second-order valence-electron chi connectivity index (χ2n) is 6.95. The Bertz CT molecular complexity index is 1010. The van der Waals surface area contributed by atoms with E-state index >= 15 is 0 Å². The molecule has 0 saturated heterocycles. The van der Waals surface area contributed by atoms with Crippen LogP contribution in [0.3, 0.4) is 0 Å². The summed E-state index contributed by atoms with van der Waals surface area (Å²) < 4.78 is 16.3. The molecule has 8 nitrogen and oxygen atoms in total. The molecule has 2 heterocycles. The summed E-state index contributed by atoms with van der Waals surface area (Å²) in [6, 6.07) is 7.68. The number of allylic oxidation sites excluding steroid dienone is 1. The summed E-state index contributed by atoms with van der Waals surface area (Å²) in [6.45, 7) is 1.97. The molecule has 1 saturated carbocycles. The van der Waals surface area contributed by atoms with Crippen molar-refractivity contribution in [2.45, 2.75) is 32.3 Å². The molecule has 2 aliphatic rings. The van der Waals surface area contributed by atoms with Crippen molar-refractivity contribution in [1.82, 2.24) is 10.2 Å². The van der Waals surface area contributed by atoms with Crippen molar-refractivity contribution in [3.05, 3.63) is 52.0 Å². The minimum atomic E-state index is -0.434. The van der Waals surface area contributed by atoms with E-state index in [-0.39, 0.29) is 24.4 Å². The van der Waals surface area contributed by atoms with Gasteiger partial charge in [0.2, 0.25) is 11.8 Å². The summed E-state index contributed by atoms with van der Waals surface area (Å²) >= 11 is 0. The molecular formula is C20H20N4O4. The highest BCUT2D eigenvalue weighted by molar-refractivity contribution is 5.75. The minimum absolute atomic E-state index is 0.0220. The number of benzene rings is 1. The van der Waals surface area contributed by atoms with Crippen molar-refractivity contribution >= 4 is 5.97 Å². The SMILES string of the molecule is COc1ccc([C@@H]2C(C#N)=C(N)Oc3n[nH]c(C)c32)cc1COC(=O)C1CC1. The van der Waals surface area contributed by atoms with Gasteiger partial charge in [0, 0.05) is 16.8 Å². The number of nitrogens with zero attached hydrogens (tertiary/aromatic N) is 2. The van der Waals surface area contributed by atoms with E-state index in [0.29, 0.717) is 17.2 Å². The summed E-state index contributed by atoms with van der Waals surface area (Å²) in [6.07, 6.45) is 1.77. The quantitative estimate of drug-likeness (QED) is 0.763. The maximum absolute atomic E-state index is 11.9. The Balaban J connectivity index is 1.73. The van der Waals surface area contributed by atoms with Gasteiger partial charge >= 0.3 is 5.97 Å². The fourth-order valence-electron chi connectivity index (χ4n) is 3.41. The second kappa shape index (κ2) is 6.93. The molecule has 3 N–H and O–H groups in total. The number of aromatic nitrogens is 2. The Morgan fingerprint density at radius 3 is 2.93 bits per heavy atom. The number of esters is 1. The zero-order valence-electron chi connectivity index (χ0n) is 15.6. The van der Waals surface area contributed by atoms with Gasteiger partial charge in [-0.3, -0.25) is 9.89 Å². The van der Waals surface area contributed by atoms with Crippen LogP contribution in [0.15, 0.2) is 29.7 Å². The third-order valence-corrected chi connectivity index (χ3v) is 5.05. The lowest BCUT2D eigenvalue weighted by atomic mass is 9.83. The van der Waals surface area contributed by atoms with Crippen LogP contribution in [-0.4, -0.2) is 23.3 Å². The summed E-state index contributed by atoms with van der Waals surface area (Å²) in [5, 5.41) is 16.7. The number of carbonyl (C=O) groups is 1. The van der Waals surface area contributed by atoms with Gasteiger partial charge in [-0.2, -0.15) is 5.26 Å². The predicted octanol–water partition coefficient (Wildman–Crippen LogP) is 2.40. The molecule has 28 heavy (non-hydrogen) atoms. The lowest BCUT2D eigenvalue weighted by Crippen LogP contribution is -2.21. The molecule has 0 radical (unpaired) electrons. The van der Waals surface area contributed by atoms with Gasteiger partial charge in [-0.25, -0.2) is 0 Å². The predicted molar refractivity (Wildman–Crippen MR) is 98.1 cm³/mol.